The molecule has 3 atom stereocenters. The van der Waals surface area contributed by atoms with Crippen LogP contribution in [0.25, 0.3) is 11.4 Å². The van der Waals surface area contributed by atoms with Gasteiger partial charge in [0.15, 0.2) is 5.82 Å². The summed E-state index contributed by atoms with van der Waals surface area (Å²) in [6.45, 7) is 2.67. The van der Waals surface area contributed by atoms with E-state index < -0.39 is 0 Å². The zero-order valence-corrected chi connectivity index (χ0v) is 17.8. The highest BCUT2D eigenvalue weighted by molar-refractivity contribution is 6.01. The Kier molecular flexibility index (Phi) is 5.41. The molecule has 1 aromatic heterocycles. The molecule has 0 radical (unpaired) electrons. The number of piperidine rings is 1. The number of aromatic nitrogens is 2. The Morgan fingerprint density at radius 1 is 1.00 bits per heavy atom. The zero-order valence-electron chi connectivity index (χ0n) is 17.8. The van der Waals surface area contributed by atoms with Crippen molar-refractivity contribution in [3.8, 4) is 17.1 Å². The van der Waals surface area contributed by atoms with Crippen LogP contribution in [0.2, 0.25) is 0 Å². The van der Waals surface area contributed by atoms with Crippen LogP contribution in [0.5, 0.6) is 5.75 Å². The van der Waals surface area contributed by atoms with Crippen molar-refractivity contribution >= 4 is 5.91 Å². The molecule has 0 spiro atoms. The monoisotopic (exact) mass is 413 g/mol. The lowest BCUT2D eigenvalue weighted by Crippen LogP contribution is -2.49. The van der Waals surface area contributed by atoms with E-state index in [1.807, 2.05) is 55.5 Å². The Bertz CT molecular complexity index is 1050. The maximum absolute atomic E-state index is 13.9. The summed E-state index contributed by atoms with van der Waals surface area (Å²) in [7, 11) is 0. The van der Waals surface area contributed by atoms with E-state index in [0.29, 0.717) is 30.0 Å². The number of amides is 1. The van der Waals surface area contributed by atoms with E-state index in [1.165, 1.54) is 0 Å². The third-order valence-corrected chi connectivity index (χ3v) is 6.62. The number of carbonyl (C=O) groups excluding carboxylic acids is 1. The highest BCUT2D eigenvalue weighted by Crippen LogP contribution is 2.41. The summed E-state index contributed by atoms with van der Waals surface area (Å²) in [4.78, 5) is 24.8. The van der Waals surface area contributed by atoms with Crippen LogP contribution in [0, 0.1) is 12.8 Å². The molecule has 3 heterocycles. The fraction of sp³-hybridized carbons (Fsp3) is 0.346. The zero-order chi connectivity index (χ0) is 21.2. The molecule has 2 unspecified atom stereocenters. The van der Waals surface area contributed by atoms with Crippen molar-refractivity contribution in [2.75, 3.05) is 6.61 Å². The average molecular weight is 414 g/mol. The number of fused-ring (bicyclic) bond motifs is 2. The van der Waals surface area contributed by atoms with Crippen molar-refractivity contribution in [1.29, 1.82) is 0 Å². The molecule has 2 aliphatic rings. The normalized spacial score (nSPS) is 22.4. The second-order valence-electron chi connectivity index (χ2n) is 8.59. The van der Waals surface area contributed by atoms with Gasteiger partial charge >= 0.3 is 0 Å². The first-order valence-electron chi connectivity index (χ1n) is 11.1. The van der Waals surface area contributed by atoms with Gasteiger partial charge in [-0.1, -0.05) is 35.9 Å². The van der Waals surface area contributed by atoms with E-state index in [1.54, 1.807) is 18.5 Å². The van der Waals surface area contributed by atoms with Gasteiger partial charge in [-0.15, -0.1) is 0 Å². The quantitative estimate of drug-likeness (QED) is 0.596. The van der Waals surface area contributed by atoms with Crippen molar-refractivity contribution in [2.45, 2.75) is 44.7 Å². The molecule has 2 saturated heterocycles. The summed E-state index contributed by atoms with van der Waals surface area (Å²) in [5.74, 6) is 1.94. The number of para-hydroxylation sites is 1. The van der Waals surface area contributed by atoms with Crippen molar-refractivity contribution in [3.05, 3.63) is 78.1 Å². The molecule has 0 aliphatic carbocycles. The van der Waals surface area contributed by atoms with Crippen molar-refractivity contribution < 1.29 is 9.53 Å². The van der Waals surface area contributed by atoms with Gasteiger partial charge in [0, 0.05) is 36.0 Å². The summed E-state index contributed by atoms with van der Waals surface area (Å²) in [5.41, 5.74) is 2.57. The smallest absolute Gasteiger partial charge is 0.255 e. The average Bonchev–Trinajstić information content (AvgIpc) is 3.13. The topological polar surface area (TPSA) is 55.3 Å². The number of nitrogens with zero attached hydrogens (tertiary/aromatic N) is 3. The molecular formula is C26H27N3O2. The van der Waals surface area contributed by atoms with Crippen LogP contribution in [0.4, 0.5) is 0 Å². The third-order valence-electron chi connectivity index (χ3n) is 6.62. The SMILES string of the molecule is Cc1ccc(-c2ncccn2)c(C(=O)N2C3CC[C@H]2CCC3COc2ccccc2)c1. The second kappa shape index (κ2) is 8.50. The molecule has 0 saturated carbocycles. The number of ether oxygens (including phenoxy) is 1. The molecule has 5 heteroatoms. The van der Waals surface area contributed by atoms with E-state index >= 15 is 0 Å². The van der Waals surface area contributed by atoms with Gasteiger partial charge in [0.05, 0.1) is 12.2 Å². The minimum atomic E-state index is 0.100. The molecule has 5 rings (SSSR count). The van der Waals surface area contributed by atoms with Crippen molar-refractivity contribution in [3.63, 3.8) is 0 Å². The molecule has 5 nitrogen and oxygen atoms in total. The number of benzene rings is 2. The molecule has 2 bridgehead atoms. The van der Waals surface area contributed by atoms with Crippen LogP contribution in [-0.2, 0) is 0 Å². The summed E-state index contributed by atoms with van der Waals surface area (Å²) >= 11 is 0. The molecule has 158 valence electrons. The van der Waals surface area contributed by atoms with Crippen LogP contribution in [0.1, 0.15) is 41.6 Å². The Labute approximate surface area is 183 Å². The van der Waals surface area contributed by atoms with E-state index in [-0.39, 0.29) is 11.9 Å². The number of hydrogen-bond donors (Lipinski definition) is 0. The molecule has 1 amide bonds. The van der Waals surface area contributed by atoms with Gasteiger partial charge in [-0.2, -0.15) is 0 Å². The molecule has 2 aromatic carbocycles. The second-order valence-corrected chi connectivity index (χ2v) is 8.59. The maximum Gasteiger partial charge on any atom is 0.255 e. The van der Waals surface area contributed by atoms with E-state index in [4.69, 9.17) is 4.74 Å². The largest absolute Gasteiger partial charge is 0.493 e. The van der Waals surface area contributed by atoms with Crippen LogP contribution in [0.15, 0.2) is 67.0 Å². The van der Waals surface area contributed by atoms with Crippen molar-refractivity contribution in [2.24, 2.45) is 5.92 Å². The predicted octanol–water partition coefficient (Wildman–Crippen LogP) is 4.91. The lowest BCUT2D eigenvalue weighted by molar-refractivity contribution is 0.0407. The van der Waals surface area contributed by atoms with Gasteiger partial charge in [-0.3, -0.25) is 4.79 Å². The van der Waals surface area contributed by atoms with Crippen LogP contribution in [-0.4, -0.2) is 39.5 Å². The minimum absolute atomic E-state index is 0.100. The first-order valence-corrected chi connectivity index (χ1v) is 11.1. The Morgan fingerprint density at radius 3 is 2.58 bits per heavy atom. The molecule has 31 heavy (non-hydrogen) atoms. The summed E-state index contributed by atoms with van der Waals surface area (Å²) in [5, 5.41) is 0. The number of carbonyl (C=O) groups is 1. The van der Waals surface area contributed by atoms with Gasteiger partial charge in [0.2, 0.25) is 0 Å². The fourth-order valence-electron chi connectivity index (χ4n) is 5.10. The highest BCUT2D eigenvalue weighted by atomic mass is 16.5. The number of aryl methyl sites for hydroxylation is 1. The lowest BCUT2D eigenvalue weighted by atomic mass is 9.89. The van der Waals surface area contributed by atoms with E-state index in [0.717, 1.165) is 42.6 Å². The number of hydrogen-bond acceptors (Lipinski definition) is 4. The van der Waals surface area contributed by atoms with Crippen molar-refractivity contribution in [1.82, 2.24) is 14.9 Å². The van der Waals surface area contributed by atoms with Crippen LogP contribution < -0.4 is 4.74 Å². The summed E-state index contributed by atoms with van der Waals surface area (Å²) < 4.78 is 6.08. The summed E-state index contributed by atoms with van der Waals surface area (Å²) in [6.07, 6.45) is 7.70. The fourth-order valence-corrected chi connectivity index (χ4v) is 5.10. The molecule has 0 N–H and O–H groups in total. The minimum Gasteiger partial charge on any atom is -0.493 e. The van der Waals surface area contributed by atoms with E-state index in [9.17, 15) is 4.79 Å². The van der Waals surface area contributed by atoms with Gasteiger partial charge in [-0.25, -0.2) is 9.97 Å². The molecule has 2 fully saturated rings. The lowest BCUT2D eigenvalue weighted by Gasteiger charge is -2.40. The number of rotatable bonds is 5. The Balaban J connectivity index is 1.41. The maximum atomic E-state index is 13.9. The van der Waals surface area contributed by atoms with Crippen LogP contribution >= 0.6 is 0 Å². The molecule has 2 aliphatic heterocycles. The Morgan fingerprint density at radius 2 is 1.77 bits per heavy atom. The first-order chi connectivity index (χ1) is 15.2. The molecule has 3 aromatic rings. The Hall–Kier alpha value is -3.21. The standard InChI is InChI=1S/C26H27N3O2/c1-18-8-12-22(25-27-14-5-15-28-25)23(16-18)26(30)29-20-10-9-19(24(29)13-11-20)17-31-21-6-3-2-4-7-21/h2-8,12,14-16,19-20,24H,9-11,13,17H2,1H3/t19?,20-,24?/m1/s1. The van der Waals surface area contributed by atoms with Gasteiger partial charge < -0.3 is 9.64 Å². The highest BCUT2D eigenvalue weighted by Gasteiger charge is 2.45. The van der Waals surface area contributed by atoms with Gasteiger partial charge in [0.25, 0.3) is 5.91 Å². The van der Waals surface area contributed by atoms with E-state index in [2.05, 4.69) is 14.9 Å². The van der Waals surface area contributed by atoms with Gasteiger partial charge in [0.1, 0.15) is 5.75 Å². The summed E-state index contributed by atoms with van der Waals surface area (Å²) in [6, 6.07) is 18.2. The van der Waals surface area contributed by atoms with Crippen LogP contribution in [0.3, 0.4) is 0 Å². The third kappa shape index (κ3) is 3.92. The van der Waals surface area contributed by atoms with Gasteiger partial charge in [-0.05, 0) is 56.9 Å². The molecular weight excluding hydrogens is 386 g/mol. The predicted molar refractivity (Wildman–Crippen MR) is 120 cm³/mol. The first kappa shape index (κ1) is 19.7.